The van der Waals surface area contributed by atoms with Gasteiger partial charge in [-0.25, -0.2) is 0 Å². The number of hydrogen-bond donors (Lipinski definition) is 3. The average molecular weight is 469 g/mol. The summed E-state index contributed by atoms with van der Waals surface area (Å²) in [7, 11) is 0. The zero-order valence-corrected chi connectivity index (χ0v) is 19.2. The van der Waals surface area contributed by atoms with Crippen molar-refractivity contribution in [2.45, 2.75) is 45.1 Å². The van der Waals surface area contributed by atoms with Crippen molar-refractivity contribution in [2.75, 3.05) is 0 Å². The van der Waals surface area contributed by atoms with Gasteiger partial charge in [0.1, 0.15) is 0 Å². The first kappa shape index (κ1) is 22.2. The lowest BCUT2D eigenvalue weighted by atomic mass is 10.00. The van der Waals surface area contributed by atoms with Gasteiger partial charge < -0.3 is 4.98 Å². The number of amides is 2. The molecule has 7 nitrogen and oxygen atoms in total. The maximum absolute atomic E-state index is 12.6. The topological polar surface area (TPSA) is 96.0 Å². The van der Waals surface area contributed by atoms with Crippen molar-refractivity contribution < 1.29 is 9.59 Å². The van der Waals surface area contributed by atoms with Crippen LogP contribution in [0.2, 0.25) is 0 Å². The predicted molar refractivity (Wildman–Crippen MR) is 129 cm³/mol. The van der Waals surface area contributed by atoms with Gasteiger partial charge in [0.25, 0.3) is 17.4 Å². The predicted octanol–water partition coefficient (Wildman–Crippen LogP) is 4.04. The molecule has 32 heavy (non-hydrogen) atoms. The third-order valence-electron chi connectivity index (χ3n) is 5.57. The third kappa shape index (κ3) is 4.58. The molecule has 0 fully saturated rings. The number of carbonyl (C=O) groups is 2. The first-order valence-electron chi connectivity index (χ1n) is 10.6. The van der Waals surface area contributed by atoms with Gasteiger partial charge in [-0.15, -0.1) is 17.9 Å². The standard InChI is InChI=1S/C23H24N4O3S2/c1-2-11-27-22(30)16-10-9-15(12-17(16)24-23(27)31)20(28)25-26-21(29)19-13-14-7-5-3-4-6-8-18(14)32-19/h2,9-10,12-13H,1,3-8,11H2,(H,24,31)(H,25,28)(H,26,29). The van der Waals surface area contributed by atoms with E-state index in [0.717, 1.165) is 25.7 Å². The Morgan fingerprint density at radius 3 is 2.66 bits per heavy atom. The fraction of sp³-hybridized carbons (Fsp3) is 0.304. The van der Waals surface area contributed by atoms with E-state index >= 15 is 0 Å². The molecule has 1 aliphatic carbocycles. The van der Waals surface area contributed by atoms with Crippen LogP contribution in [0, 0.1) is 4.77 Å². The van der Waals surface area contributed by atoms with Gasteiger partial charge in [0.05, 0.1) is 15.8 Å². The van der Waals surface area contributed by atoms with Crippen LogP contribution in [-0.4, -0.2) is 21.4 Å². The smallest absolute Gasteiger partial charge is 0.279 e. The summed E-state index contributed by atoms with van der Waals surface area (Å²) in [5.41, 5.74) is 6.70. The number of allylic oxidation sites excluding steroid dienone is 1. The van der Waals surface area contributed by atoms with Crippen LogP contribution >= 0.6 is 23.6 Å². The van der Waals surface area contributed by atoms with Gasteiger partial charge in [-0.2, -0.15) is 0 Å². The van der Waals surface area contributed by atoms with Crippen molar-refractivity contribution in [1.82, 2.24) is 20.4 Å². The second-order valence-corrected chi connectivity index (χ2v) is 9.30. The molecule has 0 atom stereocenters. The number of carbonyl (C=O) groups excluding carboxylic acids is 2. The number of thiophene rings is 1. The van der Waals surface area contributed by atoms with Crippen molar-refractivity contribution in [2.24, 2.45) is 0 Å². The molecule has 0 spiro atoms. The molecule has 3 aromatic rings. The Kier molecular flexibility index (Phi) is 6.66. The van der Waals surface area contributed by atoms with E-state index in [1.54, 1.807) is 18.2 Å². The number of hydrazine groups is 1. The van der Waals surface area contributed by atoms with Gasteiger partial charge in [-0.3, -0.25) is 29.8 Å². The average Bonchev–Trinajstić information content (AvgIpc) is 3.16. The second kappa shape index (κ2) is 9.62. The second-order valence-electron chi connectivity index (χ2n) is 7.78. The van der Waals surface area contributed by atoms with Crippen LogP contribution in [0.1, 0.15) is 56.2 Å². The molecule has 0 unspecified atom stereocenters. The molecule has 3 N–H and O–H groups in total. The normalized spacial score (nSPS) is 13.6. The summed E-state index contributed by atoms with van der Waals surface area (Å²) in [5.74, 6) is -0.813. The molecule has 0 bridgehead atoms. The van der Waals surface area contributed by atoms with E-state index in [1.807, 2.05) is 6.07 Å². The largest absolute Gasteiger partial charge is 0.332 e. The number of aryl methyl sites for hydroxylation is 2. The number of aromatic amines is 1. The van der Waals surface area contributed by atoms with Gasteiger partial charge in [0, 0.05) is 17.0 Å². The highest BCUT2D eigenvalue weighted by molar-refractivity contribution is 7.71. The highest BCUT2D eigenvalue weighted by Gasteiger charge is 2.17. The van der Waals surface area contributed by atoms with Crippen LogP contribution in [0.5, 0.6) is 0 Å². The molecule has 4 rings (SSSR count). The summed E-state index contributed by atoms with van der Waals surface area (Å²) in [6, 6.07) is 6.59. The van der Waals surface area contributed by atoms with Crippen molar-refractivity contribution in [3.8, 4) is 0 Å². The highest BCUT2D eigenvalue weighted by atomic mass is 32.1. The Morgan fingerprint density at radius 2 is 1.88 bits per heavy atom. The number of benzene rings is 1. The first-order chi connectivity index (χ1) is 15.5. The molecule has 1 aromatic carbocycles. The van der Waals surface area contributed by atoms with Crippen molar-refractivity contribution >= 4 is 46.3 Å². The highest BCUT2D eigenvalue weighted by Crippen LogP contribution is 2.28. The summed E-state index contributed by atoms with van der Waals surface area (Å²) in [6.07, 6.45) is 8.35. The van der Waals surface area contributed by atoms with Crippen LogP contribution in [0.15, 0.2) is 41.7 Å². The van der Waals surface area contributed by atoms with Gasteiger partial charge in [0.2, 0.25) is 0 Å². The van der Waals surface area contributed by atoms with Crippen LogP contribution < -0.4 is 16.4 Å². The van der Waals surface area contributed by atoms with Gasteiger partial charge in [0.15, 0.2) is 4.77 Å². The molecule has 2 amide bonds. The molecule has 0 saturated heterocycles. The van der Waals surface area contributed by atoms with E-state index in [-0.39, 0.29) is 16.2 Å². The van der Waals surface area contributed by atoms with E-state index in [4.69, 9.17) is 12.2 Å². The van der Waals surface area contributed by atoms with E-state index < -0.39 is 5.91 Å². The Labute approximate surface area is 194 Å². The van der Waals surface area contributed by atoms with Crippen LogP contribution in [0.3, 0.4) is 0 Å². The molecule has 0 saturated carbocycles. The molecule has 2 heterocycles. The fourth-order valence-electron chi connectivity index (χ4n) is 3.89. The van der Waals surface area contributed by atoms with Gasteiger partial charge >= 0.3 is 0 Å². The molecule has 2 aromatic heterocycles. The number of fused-ring (bicyclic) bond motifs is 2. The molecule has 0 aliphatic heterocycles. The summed E-state index contributed by atoms with van der Waals surface area (Å²) in [5, 5.41) is 0.414. The number of H-pyrrole nitrogens is 1. The number of nitrogens with zero attached hydrogens (tertiary/aromatic N) is 1. The number of hydrogen-bond acceptors (Lipinski definition) is 5. The molecular weight excluding hydrogens is 444 g/mol. The molecule has 166 valence electrons. The zero-order chi connectivity index (χ0) is 22.7. The van der Waals surface area contributed by atoms with Crippen molar-refractivity contribution in [3.63, 3.8) is 0 Å². The summed E-state index contributed by atoms with van der Waals surface area (Å²) in [6.45, 7) is 3.93. The van der Waals surface area contributed by atoms with Crippen molar-refractivity contribution in [3.05, 3.63) is 72.9 Å². The van der Waals surface area contributed by atoms with E-state index in [1.165, 1.54) is 45.3 Å². The number of nitrogens with one attached hydrogen (secondary N) is 3. The van der Waals surface area contributed by atoms with Gasteiger partial charge in [-0.05, 0) is 67.7 Å². The lowest BCUT2D eigenvalue weighted by molar-refractivity contribution is 0.0849. The summed E-state index contributed by atoms with van der Waals surface area (Å²) < 4.78 is 1.65. The number of aromatic nitrogens is 2. The van der Waals surface area contributed by atoms with E-state index in [2.05, 4.69) is 22.4 Å². The molecule has 9 heteroatoms. The zero-order valence-electron chi connectivity index (χ0n) is 17.5. The maximum Gasteiger partial charge on any atom is 0.279 e. The SMILES string of the molecule is C=CCn1c(=S)[nH]c2cc(C(=O)NNC(=O)c3cc4c(s3)CCCCCC4)ccc2c1=O. The Balaban J connectivity index is 1.48. The lowest BCUT2D eigenvalue weighted by Crippen LogP contribution is -2.41. The molecular formula is C23H24N4O3S2. The number of rotatable bonds is 4. The minimum atomic E-state index is -0.482. The summed E-state index contributed by atoms with van der Waals surface area (Å²) in [4.78, 5) is 42.6. The third-order valence-corrected chi connectivity index (χ3v) is 7.12. The quantitative estimate of drug-likeness (QED) is 0.306. The van der Waals surface area contributed by atoms with Crippen LogP contribution in [0.4, 0.5) is 0 Å². The first-order valence-corrected chi connectivity index (χ1v) is 11.8. The minimum absolute atomic E-state index is 0.251. The Morgan fingerprint density at radius 1 is 1.12 bits per heavy atom. The Hall–Kier alpha value is -3.04. The summed E-state index contributed by atoms with van der Waals surface area (Å²) >= 11 is 6.74. The maximum atomic E-state index is 12.6. The fourth-order valence-corrected chi connectivity index (χ4v) is 5.31. The van der Waals surface area contributed by atoms with Gasteiger partial charge in [-0.1, -0.05) is 18.9 Å². The Bertz CT molecular complexity index is 1290. The van der Waals surface area contributed by atoms with E-state index in [0.29, 0.717) is 27.9 Å². The monoisotopic (exact) mass is 468 g/mol. The molecule has 0 radical (unpaired) electrons. The van der Waals surface area contributed by atoms with Crippen LogP contribution in [-0.2, 0) is 19.4 Å². The minimum Gasteiger partial charge on any atom is -0.332 e. The molecule has 1 aliphatic rings. The van der Waals surface area contributed by atoms with E-state index in [9.17, 15) is 14.4 Å². The van der Waals surface area contributed by atoms with Crippen molar-refractivity contribution in [1.29, 1.82) is 0 Å². The lowest BCUT2D eigenvalue weighted by Gasteiger charge is -2.09. The van der Waals surface area contributed by atoms with Crippen LogP contribution in [0.25, 0.3) is 10.9 Å².